The number of rotatable bonds is 6. The first-order chi connectivity index (χ1) is 9.72. The molecule has 1 saturated carbocycles. The standard InChI is InChI=1S/C16H22FN3.HI/c1-3-11-19-15(18-4-2)20-12-16(9-10-16)13-7-5-6-8-14(13)17;/h3,5-8H,1,4,9-12H2,2H3,(H2,18,19,20);1H. The summed E-state index contributed by atoms with van der Waals surface area (Å²) < 4.78 is 13.9. The van der Waals surface area contributed by atoms with Crippen LogP contribution in [0.15, 0.2) is 41.9 Å². The van der Waals surface area contributed by atoms with E-state index in [2.05, 4.69) is 22.2 Å². The highest BCUT2D eigenvalue weighted by Crippen LogP contribution is 2.49. The van der Waals surface area contributed by atoms with Crippen LogP contribution in [0, 0.1) is 5.82 Å². The molecule has 0 radical (unpaired) electrons. The van der Waals surface area contributed by atoms with Gasteiger partial charge in [-0.3, -0.25) is 4.99 Å². The highest BCUT2D eigenvalue weighted by Gasteiger charge is 2.45. The largest absolute Gasteiger partial charge is 0.357 e. The molecule has 116 valence electrons. The molecular formula is C16H23FIN3. The van der Waals surface area contributed by atoms with Crippen LogP contribution in [0.25, 0.3) is 0 Å². The van der Waals surface area contributed by atoms with Gasteiger partial charge in [0.1, 0.15) is 5.82 Å². The lowest BCUT2D eigenvalue weighted by Crippen LogP contribution is -2.38. The SMILES string of the molecule is C=CCNC(=NCC1(c2ccccc2F)CC1)NCC.I. The summed E-state index contributed by atoms with van der Waals surface area (Å²) in [5.74, 6) is 0.638. The van der Waals surface area contributed by atoms with Crippen LogP contribution >= 0.6 is 24.0 Å². The maximum absolute atomic E-state index is 13.9. The zero-order valence-corrected chi connectivity index (χ0v) is 14.7. The van der Waals surface area contributed by atoms with Gasteiger partial charge in [-0.15, -0.1) is 30.6 Å². The fourth-order valence-corrected chi connectivity index (χ4v) is 2.30. The van der Waals surface area contributed by atoms with E-state index in [-0.39, 0.29) is 35.2 Å². The molecule has 1 aliphatic carbocycles. The number of hydrogen-bond donors (Lipinski definition) is 2. The van der Waals surface area contributed by atoms with Crippen molar-refractivity contribution in [2.24, 2.45) is 4.99 Å². The van der Waals surface area contributed by atoms with Gasteiger partial charge < -0.3 is 10.6 Å². The van der Waals surface area contributed by atoms with Crippen LogP contribution in [0.1, 0.15) is 25.3 Å². The Morgan fingerprint density at radius 2 is 2.10 bits per heavy atom. The molecule has 0 amide bonds. The maximum Gasteiger partial charge on any atom is 0.191 e. The summed E-state index contributed by atoms with van der Waals surface area (Å²) >= 11 is 0. The highest BCUT2D eigenvalue weighted by molar-refractivity contribution is 14.0. The Hall–Kier alpha value is -1.11. The molecule has 5 heteroatoms. The lowest BCUT2D eigenvalue weighted by atomic mass is 9.95. The van der Waals surface area contributed by atoms with Gasteiger partial charge in [0.25, 0.3) is 0 Å². The smallest absolute Gasteiger partial charge is 0.191 e. The van der Waals surface area contributed by atoms with E-state index in [9.17, 15) is 4.39 Å². The predicted molar refractivity (Wildman–Crippen MR) is 96.9 cm³/mol. The van der Waals surface area contributed by atoms with Crippen molar-refractivity contribution in [3.63, 3.8) is 0 Å². The molecule has 0 bridgehead atoms. The maximum atomic E-state index is 13.9. The molecule has 1 aromatic rings. The molecule has 0 heterocycles. The first kappa shape index (κ1) is 17.9. The van der Waals surface area contributed by atoms with Crippen LogP contribution in [0.3, 0.4) is 0 Å². The Bertz CT molecular complexity index is 498. The predicted octanol–water partition coefficient (Wildman–Crippen LogP) is 3.22. The Labute approximate surface area is 143 Å². The summed E-state index contributed by atoms with van der Waals surface area (Å²) in [5, 5.41) is 6.35. The number of nitrogens with one attached hydrogen (secondary N) is 2. The van der Waals surface area contributed by atoms with Gasteiger partial charge in [0, 0.05) is 18.5 Å². The van der Waals surface area contributed by atoms with Crippen molar-refractivity contribution in [1.29, 1.82) is 0 Å². The van der Waals surface area contributed by atoms with Gasteiger partial charge in [-0.25, -0.2) is 4.39 Å². The van der Waals surface area contributed by atoms with E-state index in [0.29, 0.717) is 13.1 Å². The Balaban J connectivity index is 0.00000220. The molecule has 0 aromatic heterocycles. The summed E-state index contributed by atoms with van der Waals surface area (Å²) in [6.45, 7) is 7.78. The van der Waals surface area contributed by atoms with Crippen LogP contribution in [-0.4, -0.2) is 25.6 Å². The topological polar surface area (TPSA) is 36.4 Å². The third-order valence-electron chi connectivity index (χ3n) is 3.60. The third-order valence-corrected chi connectivity index (χ3v) is 3.60. The number of halogens is 2. The molecule has 21 heavy (non-hydrogen) atoms. The van der Waals surface area contributed by atoms with Gasteiger partial charge in [-0.1, -0.05) is 24.3 Å². The lowest BCUT2D eigenvalue weighted by Gasteiger charge is -2.16. The molecule has 0 spiro atoms. The Morgan fingerprint density at radius 1 is 1.38 bits per heavy atom. The average Bonchev–Trinajstić information content (AvgIpc) is 3.23. The summed E-state index contributed by atoms with van der Waals surface area (Å²) in [6.07, 6.45) is 3.78. The second-order valence-electron chi connectivity index (χ2n) is 5.12. The van der Waals surface area contributed by atoms with Crippen LogP contribution < -0.4 is 10.6 Å². The van der Waals surface area contributed by atoms with Crippen molar-refractivity contribution < 1.29 is 4.39 Å². The molecule has 0 aliphatic heterocycles. The van der Waals surface area contributed by atoms with Gasteiger partial charge in [0.15, 0.2) is 5.96 Å². The van der Waals surface area contributed by atoms with Crippen molar-refractivity contribution in [2.75, 3.05) is 19.6 Å². The number of guanidine groups is 1. The summed E-state index contributed by atoms with van der Waals surface area (Å²) in [6, 6.07) is 7.03. The molecule has 0 saturated heterocycles. The van der Waals surface area contributed by atoms with Crippen LogP contribution in [-0.2, 0) is 5.41 Å². The fourth-order valence-electron chi connectivity index (χ4n) is 2.30. The normalized spacial score (nSPS) is 15.8. The zero-order valence-electron chi connectivity index (χ0n) is 12.4. The van der Waals surface area contributed by atoms with Crippen molar-refractivity contribution in [1.82, 2.24) is 10.6 Å². The Kier molecular flexibility index (Phi) is 7.14. The van der Waals surface area contributed by atoms with E-state index in [1.165, 1.54) is 6.07 Å². The second kappa shape index (κ2) is 8.36. The molecule has 3 nitrogen and oxygen atoms in total. The minimum absolute atomic E-state index is 0. The summed E-state index contributed by atoms with van der Waals surface area (Å²) in [7, 11) is 0. The molecule has 1 aliphatic rings. The third kappa shape index (κ3) is 4.69. The molecular weight excluding hydrogens is 380 g/mol. The first-order valence-electron chi connectivity index (χ1n) is 7.10. The van der Waals surface area contributed by atoms with E-state index >= 15 is 0 Å². The van der Waals surface area contributed by atoms with Crippen molar-refractivity contribution >= 4 is 29.9 Å². The van der Waals surface area contributed by atoms with E-state index in [1.54, 1.807) is 12.1 Å². The van der Waals surface area contributed by atoms with Gasteiger partial charge in [0.05, 0.1) is 6.54 Å². The van der Waals surface area contributed by atoms with E-state index in [1.807, 2.05) is 19.1 Å². The molecule has 2 N–H and O–H groups in total. The fraction of sp³-hybridized carbons (Fsp3) is 0.438. The first-order valence-corrected chi connectivity index (χ1v) is 7.10. The lowest BCUT2D eigenvalue weighted by molar-refractivity contribution is 0.572. The van der Waals surface area contributed by atoms with Crippen LogP contribution in [0.5, 0.6) is 0 Å². The van der Waals surface area contributed by atoms with E-state index in [0.717, 1.165) is 30.9 Å². The molecule has 1 fully saturated rings. The van der Waals surface area contributed by atoms with Crippen molar-refractivity contribution in [3.05, 3.63) is 48.3 Å². The molecule has 0 unspecified atom stereocenters. The van der Waals surface area contributed by atoms with Crippen molar-refractivity contribution in [3.8, 4) is 0 Å². The quantitative estimate of drug-likeness (QED) is 0.331. The summed E-state index contributed by atoms with van der Waals surface area (Å²) in [5.41, 5.74) is 0.685. The monoisotopic (exact) mass is 403 g/mol. The number of hydrogen-bond acceptors (Lipinski definition) is 1. The van der Waals surface area contributed by atoms with Gasteiger partial charge in [0.2, 0.25) is 0 Å². The Morgan fingerprint density at radius 3 is 2.67 bits per heavy atom. The van der Waals surface area contributed by atoms with Gasteiger partial charge in [-0.2, -0.15) is 0 Å². The minimum atomic E-state index is -0.121. The number of nitrogens with zero attached hydrogens (tertiary/aromatic N) is 1. The zero-order chi connectivity index (χ0) is 14.4. The van der Waals surface area contributed by atoms with E-state index in [4.69, 9.17) is 0 Å². The molecule has 2 rings (SSSR count). The molecule has 1 aromatic carbocycles. The van der Waals surface area contributed by atoms with Crippen molar-refractivity contribution in [2.45, 2.75) is 25.2 Å². The number of aliphatic imine (C=N–C) groups is 1. The van der Waals surface area contributed by atoms with Crippen LogP contribution in [0.2, 0.25) is 0 Å². The van der Waals surface area contributed by atoms with Gasteiger partial charge >= 0.3 is 0 Å². The summed E-state index contributed by atoms with van der Waals surface area (Å²) in [4.78, 5) is 4.58. The highest BCUT2D eigenvalue weighted by atomic mass is 127. The van der Waals surface area contributed by atoms with Gasteiger partial charge in [-0.05, 0) is 31.4 Å². The van der Waals surface area contributed by atoms with E-state index < -0.39 is 0 Å². The average molecular weight is 403 g/mol. The molecule has 0 atom stereocenters. The van der Waals surface area contributed by atoms with Crippen LogP contribution in [0.4, 0.5) is 4.39 Å². The minimum Gasteiger partial charge on any atom is -0.357 e. The second-order valence-corrected chi connectivity index (χ2v) is 5.12. The number of benzene rings is 1.